The molecular weight excluding hydrogens is 336 g/mol. The van der Waals surface area contributed by atoms with Crippen molar-refractivity contribution in [1.82, 2.24) is 9.55 Å². The summed E-state index contributed by atoms with van der Waals surface area (Å²) < 4.78 is 1.41. The van der Waals surface area contributed by atoms with Crippen molar-refractivity contribution in [1.29, 1.82) is 0 Å². The molecule has 1 rings (SSSR count). The predicted octanol–water partition coefficient (Wildman–Crippen LogP) is 6.92. The van der Waals surface area contributed by atoms with E-state index in [0.717, 1.165) is 12.8 Å². The molecule has 0 bridgehead atoms. The first kappa shape index (κ1) is 23.8. The van der Waals surface area contributed by atoms with Crippen LogP contribution in [-0.4, -0.2) is 14.7 Å². The van der Waals surface area contributed by atoms with E-state index < -0.39 is 0 Å². The first-order valence-corrected chi connectivity index (χ1v) is 11.7. The summed E-state index contributed by atoms with van der Waals surface area (Å²) in [6.45, 7) is 2.90. The Morgan fingerprint density at radius 2 is 1.07 bits per heavy atom. The summed E-state index contributed by atoms with van der Waals surface area (Å²) in [6.07, 6.45) is 25.8. The third kappa shape index (κ3) is 12.8. The highest BCUT2D eigenvalue weighted by Crippen LogP contribution is 2.14. The van der Waals surface area contributed by atoms with Gasteiger partial charge in [0.05, 0.1) is 6.20 Å². The number of nitrogens with one attached hydrogen (secondary N) is 1. The molecule has 27 heavy (non-hydrogen) atoms. The molecule has 4 nitrogen and oxygen atoms in total. The second kappa shape index (κ2) is 16.9. The lowest BCUT2D eigenvalue weighted by molar-refractivity contribution is 0.405. The largest absolute Gasteiger partial charge is 0.493 e. The molecule has 0 saturated heterocycles. The van der Waals surface area contributed by atoms with Gasteiger partial charge in [-0.2, -0.15) is 0 Å². The molecule has 1 heterocycles. The summed E-state index contributed by atoms with van der Waals surface area (Å²) in [5.41, 5.74) is -0.209. The quantitative estimate of drug-likeness (QED) is 0.256. The maximum atomic E-state index is 11.4. The van der Waals surface area contributed by atoms with Gasteiger partial charge in [-0.3, -0.25) is 4.57 Å². The smallest absolute Gasteiger partial charge is 0.328 e. The second-order valence-electron chi connectivity index (χ2n) is 8.11. The Bertz CT molecular complexity index is 493. The lowest BCUT2D eigenvalue weighted by Gasteiger charge is -2.04. The van der Waals surface area contributed by atoms with Gasteiger partial charge < -0.3 is 10.1 Å². The van der Waals surface area contributed by atoms with Crippen molar-refractivity contribution in [3.63, 3.8) is 0 Å². The first-order valence-electron chi connectivity index (χ1n) is 11.7. The van der Waals surface area contributed by atoms with Crippen LogP contribution in [0.3, 0.4) is 0 Å². The van der Waals surface area contributed by atoms with E-state index in [1.54, 1.807) is 0 Å². The number of aromatic amines is 1. The monoisotopic (exact) mass is 380 g/mol. The summed E-state index contributed by atoms with van der Waals surface area (Å²) in [7, 11) is 0. The average Bonchev–Trinajstić information content (AvgIpc) is 2.99. The molecule has 0 unspecified atom stereocenters. The Kier molecular flexibility index (Phi) is 15.0. The van der Waals surface area contributed by atoms with E-state index in [9.17, 15) is 9.90 Å². The van der Waals surface area contributed by atoms with E-state index in [-0.39, 0.29) is 11.6 Å². The number of aromatic hydroxyl groups is 1. The van der Waals surface area contributed by atoms with Crippen LogP contribution in [0, 0.1) is 0 Å². The van der Waals surface area contributed by atoms with Gasteiger partial charge >= 0.3 is 5.69 Å². The van der Waals surface area contributed by atoms with E-state index in [2.05, 4.69) is 11.9 Å². The summed E-state index contributed by atoms with van der Waals surface area (Å²) in [4.78, 5) is 13.9. The minimum Gasteiger partial charge on any atom is -0.493 e. The Morgan fingerprint density at radius 1 is 0.704 bits per heavy atom. The number of nitrogens with zero attached hydrogens (tertiary/aromatic N) is 1. The normalized spacial score (nSPS) is 11.3. The van der Waals surface area contributed by atoms with Gasteiger partial charge in [0.2, 0.25) is 5.88 Å². The molecule has 0 atom stereocenters. The fraction of sp³-hybridized carbons (Fsp3) is 0.870. The van der Waals surface area contributed by atoms with Crippen molar-refractivity contribution in [2.45, 2.75) is 129 Å². The Balaban J connectivity index is 1.74. The zero-order valence-electron chi connectivity index (χ0n) is 17.8. The van der Waals surface area contributed by atoms with Gasteiger partial charge in [0, 0.05) is 6.54 Å². The van der Waals surface area contributed by atoms with Crippen molar-refractivity contribution in [3.05, 3.63) is 16.7 Å². The van der Waals surface area contributed by atoms with E-state index >= 15 is 0 Å². The molecule has 0 radical (unpaired) electrons. The molecule has 1 aromatic heterocycles. The molecule has 0 spiro atoms. The topological polar surface area (TPSA) is 58.0 Å². The number of imidazole rings is 1. The van der Waals surface area contributed by atoms with Crippen LogP contribution in [0.4, 0.5) is 0 Å². The molecule has 0 aromatic carbocycles. The molecule has 0 aliphatic heterocycles. The number of hydrogen-bond donors (Lipinski definition) is 2. The van der Waals surface area contributed by atoms with E-state index in [0.29, 0.717) is 6.54 Å². The molecule has 0 saturated carbocycles. The molecule has 0 aliphatic carbocycles. The van der Waals surface area contributed by atoms with Crippen LogP contribution >= 0.6 is 0 Å². The maximum Gasteiger partial charge on any atom is 0.328 e. The average molecular weight is 381 g/mol. The van der Waals surface area contributed by atoms with Crippen molar-refractivity contribution < 1.29 is 5.11 Å². The van der Waals surface area contributed by atoms with Crippen LogP contribution in [0.15, 0.2) is 11.0 Å². The van der Waals surface area contributed by atoms with Gasteiger partial charge in [-0.05, 0) is 6.42 Å². The number of aromatic nitrogens is 2. The highest BCUT2D eigenvalue weighted by atomic mass is 16.3. The molecule has 0 amide bonds. The minimum atomic E-state index is -0.209. The fourth-order valence-corrected chi connectivity index (χ4v) is 3.77. The Labute approximate surface area is 166 Å². The number of H-pyrrole nitrogens is 1. The van der Waals surface area contributed by atoms with Crippen molar-refractivity contribution >= 4 is 0 Å². The lowest BCUT2D eigenvalue weighted by atomic mass is 10.0. The first-order chi connectivity index (χ1) is 13.3. The minimum absolute atomic E-state index is 0.0481. The highest BCUT2D eigenvalue weighted by Gasteiger charge is 2.03. The molecule has 0 fully saturated rings. The van der Waals surface area contributed by atoms with Gasteiger partial charge in [0.25, 0.3) is 0 Å². The van der Waals surface area contributed by atoms with Crippen LogP contribution in [0.1, 0.15) is 122 Å². The van der Waals surface area contributed by atoms with Crippen molar-refractivity contribution in [2.75, 3.05) is 0 Å². The zero-order valence-corrected chi connectivity index (χ0v) is 17.8. The van der Waals surface area contributed by atoms with Crippen LogP contribution in [0.2, 0.25) is 0 Å². The summed E-state index contributed by atoms with van der Waals surface area (Å²) in [5.74, 6) is 0.0481. The van der Waals surface area contributed by atoms with E-state index in [1.165, 1.54) is 113 Å². The standard InChI is InChI=1S/C23H44N2O2/c1-2-3-4-5-6-7-8-9-10-11-12-13-14-15-16-17-18-19-20-25-22(26)21-24-23(25)27/h21,26H,2-20H2,1H3,(H,24,27). The van der Waals surface area contributed by atoms with Gasteiger partial charge in [0.15, 0.2) is 0 Å². The lowest BCUT2D eigenvalue weighted by Crippen LogP contribution is -2.16. The summed E-state index contributed by atoms with van der Waals surface area (Å²) >= 11 is 0. The van der Waals surface area contributed by atoms with Crippen LogP contribution in [0.25, 0.3) is 0 Å². The Hall–Kier alpha value is -1.19. The number of unbranched alkanes of at least 4 members (excludes halogenated alkanes) is 17. The molecule has 2 N–H and O–H groups in total. The third-order valence-electron chi connectivity index (χ3n) is 5.58. The number of hydrogen-bond acceptors (Lipinski definition) is 2. The second-order valence-corrected chi connectivity index (χ2v) is 8.11. The highest BCUT2D eigenvalue weighted by molar-refractivity contribution is 5.02. The van der Waals surface area contributed by atoms with Crippen LogP contribution in [-0.2, 0) is 6.54 Å². The Morgan fingerprint density at radius 3 is 1.41 bits per heavy atom. The van der Waals surface area contributed by atoms with E-state index in [4.69, 9.17) is 0 Å². The van der Waals surface area contributed by atoms with Crippen molar-refractivity contribution in [2.24, 2.45) is 0 Å². The number of rotatable bonds is 19. The molecular formula is C23H44N2O2. The fourth-order valence-electron chi connectivity index (χ4n) is 3.77. The molecule has 4 heteroatoms. The molecule has 1 aromatic rings. The SMILES string of the molecule is CCCCCCCCCCCCCCCCCCCCn1c(O)c[nH]c1=O. The van der Waals surface area contributed by atoms with Gasteiger partial charge in [-0.1, -0.05) is 116 Å². The zero-order chi connectivity index (χ0) is 19.6. The summed E-state index contributed by atoms with van der Waals surface area (Å²) in [5, 5.41) is 9.51. The summed E-state index contributed by atoms with van der Waals surface area (Å²) in [6, 6.07) is 0. The molecule has 0 aliphatic rings. The van der Waals surface area contributed by atoms with Crippen LogP contribution in [0.5, 0.6) is 5.88 Å². The predicted molar refractivity (Wildman–Crippen MR) is 115 cm³/mol. The van der Waals surface area contributed by atoms with Crippen molar-refractivity contribution in [3.8, 4) is 5.88 Å². The van der Waals surface area contributed by atoms with E-state index in [1.807, 2.05) is 0 Å². The van der Waals surface area contributed by atoms with Crippen LogP contribution < -0.4 is 5.69 Å². The van der Waals surface area contributed by atoms with Gasteiger partial charge in [0.1, 0.15) is 0 Å². The van der Waals surface area contributed by atoms with Gasteiger partial charge in [-0.15, -0.1) is 0 Å². The molecule has 158 valence electrons. The maximum absolute atomic E-state index is 11.4. The third-order valence-corrected chi connectivity index (χ3v) is 5.58. The van der Waals surface area contributed by atoms with Gasteiger partial charge in [-0.25, -0.2) is 4.79 Å².